The minimum Gasteiger partial charge on any atom is -0.496 e. The first-order valence-corrected chi connectivity index (χ1v) is 10.2. The Bertz CT molecular complexity index is 948. The third-order valence-corrected chi connectivity index (χ3v) is 6.05. The van der Waals surface area contributed by atoms with Crippen LogP contribution in [0.4, 0.5) is 0 Å². The van der Waals surface area contributed by atoms with E-state index in [9.17, 15) is 9.32 Å². The van der Waals surface area contributed by atoms with Crippen LogP contribution >= 0.6 is 0 Å². The van der Waals surface area contributed by atoms with Crippen LogP contribution in [0.2, 0.25) is 0 Å². The molecule has 140 valence electrons. The number of para-hydroxylation sites is 1. The van der Waals surface area contributed by atoms with Gasteiger partial charge < -0.3 is 9.84 Å². The highest BCUT2D eigenvalue weighted by Gasteiger charge is 2.20. The summed E-state index contributed by atoms with van der Waals surface area (Å²) in [5, 5.41) is 10.9. The lowest BCUT2D eigenvalue weighted by Crippen LogP contribution is -2.11. The molecule has 0 aliphatic carbocycles. The fourth-order valence-corrected chi connectivity index (χ4v) is 4.31. The van der Waals surface area contributed by atoms with E-state index in [1.807, 2.05) is 80.6 Å². The Morgan fingerprint density at radius 1 is 0.963 bits per heavy atom. The van der Waals surface area contributed by atoms with Crippen molar-refractivity contribution in [3.63, 3.8) is 0 Å². The second-order valence-corrected chi connectivity index (χ2v) is 8.08. The molecule has 27 heavy (non-hydrogen) atoms. The molecular weight excluding hydrogens is 356 g/mol. The first-order valence-electron chi connectivity index (χ1n) is 8.87. The molecule has 1 unspecified atom stereocenters. The van der Waals surface area contributed by atoms with Gasteiger partial charge in [0.15, 0.2) is 0 Å². The van der Waals surface area contributed by atoms with E-state index in [0.29, 0.717) is 0 Å². The van der Waals surface area contributed by atoms with Crippen molar-refractivity contribution in [2.24, 2.45) is 0 Å². The van der Waals surface area contributed by atoms with E-state index < -0.39 is 16.9 Å². The van der Waals surface area contributed by atoms with Crippen molar-refractivity contribution in [1.82, 2.24) is 0 Å². The van der Waals surface area contributed by atoms with Gasteiger partial charge in [-0.3, -0.25) is 4.21 Å². The molecule has 3 aromatic rings. The number of benzene rings is 3. The number of aliphatic hydroxyl groups is 1. The summed E-state index contributed by atoms with van der Waals surface area (Å²) in [4.78, 5) is 0.728. The summed E-state index contributed by atoms with van der Waals surface area (Å²) in [5.41, 5.74) is 4.78. The van der Waals surface area contributed by atoms with Crippen LogP contribution < -0.4 is 4.74 Å². The van der Waals surface area contributed by atoms with Gasteiger partial charge in [-0.2, -0.15) is 0 Å². The van der Waals surface area contributed by atoms with Crippen LogP contribution in [0.1, 0.15) is 22.8 Å². The van der Waals surface area contributed by atoms with Crippen molar-refractivity contribution < 1.29 is 14.1 Å². The smallest absolute Gasteiger partial charge is 0.126 e. The first kappa shape index (κ1) is 19.3. The monoisotopic (exact) mass is 380 g/mol. The molecule has 0 radical (unpaired) electrons. The molecule has 0 bridgehead atoms. The molecule has 0 aromatic heterocycles. The van der Waals surface area contributed by atoms with Crippen LogP contribution in [0, 0.1) is 13.8 Å². The summed E-state index contributed by atoms with van der Waals surface area (Å²) < 4.78 is 18.2. The summed E-state index contributed by atoms with van der Waals surface area (Å²) in [6.45, 7) is 4.00. The number of methoxy groups -OCH3 is 1. The maximum atomic E-state index is 12.7. The topological polar surface area (TPSA) is 46.5 Å². The van der Waals surface area contributed by atoms with Crippen molar-refractivity contribution in [2.45, 2.75) is 24.8 Å². The lowest BCUT2D eigenvalue weighted by atomic mass is 9.92. The molecule has 0 saturated carbocycles. The third-order valence-electron chi connectivity index (χ3n) is 4.63. The molecule has 0 fully saturated rings. The van der Waals surface area contributed by atoms with Crippen molar-refractivity contribution in [3.05, 3.63) is 83.4 Å². The average molecular weight is 381 g/mol. The minimum atomic E-state index is -1.28. The molecule has 4 heteroatoms. The van der Waals surface area contributed by atoms with Gasteiger partial charge in [0.2, 0.25) is 0 Å². The van der Waals surface area contributed by atoms with Gasteiger partial charge in [-0.05, 0) is 48.7 Å². The number of aliphatic hydroxyl groups excluding tert-OH is 1. The molecule has 0 amide bonds. The molecule has 1 N–H and O–H groups in total. The quantitative estimate of drug-likeness (QED) is 0.667. The molecule has 0 aliphatic heterocycles. The number of ether oxygens (including phenoxy) is 1. The summed E-state index contributed by atoms with van der Waals surface area (Å²) in [5.74, 6) is 0.897. The second-order valence-electron chi connectivity index (χ2n) is 6.58. The van der Waals surface area contributed by atoms with E-state index >= 15 is 0 Å². The Morgan fingerprint density at radius 3 is 2.37 bits per heavy atom. The minimum absolute atomic E-state index is 0.147. The van der Waals surface area contributed by atoms with Gasteiger partial charge in [-0.15, -0.1) is 0 Å². The Morgan fingerprint density at radius 2 is 1.67 bits per heavy atom. The van der Waals surface area contributed by atoms with E-state index in [0.717, 1.165) is 38.5 Å². The van der Waals surface area contributed by atoms with Crippen molar-refractivity contribution in [3.8, 4) is 16.9 Å². The van der Waals surface area contributed by atoms with E-state index in [1.165, 1.54) is 0 Å². The van der Waals surface area contributed by atoms with Gasteiger partial charge in [-0.1, -0.05) is 54.1 Å². The largest absolute Gasteiger partial charge is 0.496 e. The fourth-order valence-electron chi connectivity index (χ4n) is 3.21. The van der Waals surface area contributed by atoms with Crippen LogP contribution in [0.25, 0.3) is 11.1 Å². The fraction of sp³-hybridized carbons (Fsp3) is 0.217. The zero-order valence-corrected chi connectivity index (χ0v) is 16.6. The van der Waals surface area contributed by atoms with Gasteiger partial charge in [0.25, 0.3) is 0 Å². The molecule has 0 saturated heterocycles. The molecule has 3 rings (SSSR count). The molecule has 2 atom stereocenters. The number of aryl methyl sites for hydroxylation is 2. The molecule has 3 aromatic carbocycles. The van der Waals surface area contributed by atoms with E-state index in [1.54, 1.807) is 7.11 Å². The Hall–Kier alpha value is -2.43. The van der Waals surface area contributed by atoms with Gasteiger partial charge in [0.1, 0.15) is 5.75 Å². The average Bonchev–Trinajstić information content (AvgIpc) is 2.68. The van der Waals surface area contributed by atoms with Crippen molar-refractivity contribution in [2.75, 3.05) is 12.9 Å². The number of hydrogen-bond donors (Lipinski definition) is 1. The lowest BCUT2D eigenvalue weighted by molar-refractivity contribution is 0.203. The third kappa shape index (κ3) is 4.29. The maximum Gasteiger partial charge on any atom is 0.126 e. The Balaban J connectivity index is 1.96. The van der Waals surface area contributed by atoms with Crippen LogP contribution in [0.5, 0.6) is 5.75 Å². The predicted octanol–water partition coefficient (Wildman–Crippen LogP) is 4.82. The van der Waals surface area contributed by atoms with Crippen LogP contribution in [0.15, 0.2) is 71.6 Å². The normalized spacial score (nSPS) is 13.2. The highest BCUT2D eigenvalue weighted by molar-refractivity contribution is 7.85. The molecular formula is C23H24O3S. The summed E-state index contributed by atoms with van der Waals surface area (Å²) >= 11 is 0. The highest BCUT2D eigenvalue weighted by Crippen LogP contribution is 2.37. The molecule has 0 heterocycles. The van der Waals surface area contributed by atoms with Gasteiger partial charge in [-0.25, -0.2) is 0 Å². The summed E-state index contributed by atoms with van der Waals surface area (Å²) in [6, 6.07) is 21.2. The zero-order chi connectivity index (χ0) is 19.4. The van der Waals surface area contributed by atoms with E-state index in [2.05, 4.69) is 0 Å². The van der Waals surface area contributed by atoms with Gasteiger partial charge in [0.05, 0.1) is 29.8 Å². The second kappa shape index (κ2) is 8.51. The molecule has 3 nitrogen and oxygen atoms in total. The predicted molar refractivity (Wildman–Crippen MR) is 111 cm³/mol. The zero-order valence-electron chi connectivity index (χ0n) is 15.8. The summed E-state index contributed by atoms with van der Waals surface area (Å²) in [6.07, 6.45) is -0.841. The highest BCUT2D eigenvalue weighted by atomic mass is 32.2. The Kier molecular flexibility index (Phi) is 6.09. The van der Waals surface area contributed by atoms with Crippen LogP contribution in [-0.2, 0) is 10.8 Å². The van der Waals surface area contributed by atoms with Crippen LogP contribution in [-0.4, -0.2) is 22.2 Å². The first-order chi connectivity index (χ1) is 13.0. The number of rotatable bonds is 6. The van der Waals surface area contributed by atoms with Gasteiger partial charge in [0, 0.05) is 10.5 Å². The lowest BCUT2D eigenvalue weighted by Gasteiger charge is -2.19. The standard InChI is InChI=1S/C23H24O3S/c1-16-11-13-18(14-12-16)27(25)15-21(24)19-9-6-7-17(2)23(19)20-8-4-5-10-22(20)26-3/h4-14,21,24H,15H2,1-3H3/t21-,27?/m0/s1. The maximum absolute atomic E-state index is 12.7. The van der Waals surface area contributed by atoms with Gasteiger partial charge >= 0.3 is 0 Å². The summed E-state index contributed by atoms with van der Waals surface area (Å²) in [7, 11) is 0.357. The number of hydrogen-bond acceptors (Lipinski definition) is 3. The van der Waals surface area contributed by atoms with E-state index in [4.69, 9.17) is 4.74 Å². The molecule has 0 spiro atoms. The van der Waals surface area contributed by atoms with Crippen molar-refractivity contribution >= 4 is 10.8 Å². The molecule has 0 aliphatic rings. The Labute approximate surface area is 163 Å². The van der Waals surface area contributed by atoms with Crippen molar-refractivity contribution in [1.29, 1.82) is 0 Å². The SMILES string of the molecule is COc1ccccc1-c1c(C)cccc1[C@@H](O)CS(=O)c1ccc(C)cc1. The van der Waals surface area contributed by atoms with E-state index in [-0.39, 0.29) is 5.75 Å². The van der Waals surface area contributed by atoms with Crippen LogP contribution in [0.3, 0.4) is 0 Å².